The second-order valence-corrected chi connectivity index (χ2v) is 5.33. The van der Waals surface area contributed by atoms with Gasteiger partial charge in [0.05, 0.1) is 4.92 Å². The summed E-state index contributed by atoms with van der Waals surface area (Å²) in [6.07, 6.45) is 0.183. The third kappa shape index (κ3) is 4.84. The number of amides is 1. The monoisotopic (exact) mass is 285 g/mol. The first kappa shape index (κ1) is 15.4. The molecule has 0 bridgehead atoms. The van der Waals surface area contributed by atoms with Gasteiger partial charge in [-0.1, -0.05) is 17.7 Å². The lowest BCUT2D eigenvalue weighted by Crippen LogP contribution is -2.42. The van der Waals surface area contributed by atoms with Crippen LogP contribution < -0.4 is 11.1 Å². The molecule has 1 amide bonds. The lowest BCUT2D eigenvalue weighted by Gasteiger charge is -2.24. The minimum Gasteiger partial charge on any atom is -0.370 e. The number of halogens is 1. The number of nitrogens with two attached hydrogens (primary N) is 1. The highest BCUT2D eigenvalue weighted by Gasteiger charge is 2.20. The predicted molar refractivity (Wildman–Crippen MR) is 72.8 cm³/mol. The van der Waals surface area contributed by atoms with Gasteiger partial charge in [-0.25, -0.2) is 0 Å². The van der Waals surface area contributed by atoms with E-state index >= 15 is 0 Å². The fraction of sp³-hybridized carbons (Fsp3) is 0.417. The Hall–Kier alpha value is -1.66. The fourth-order valence-corrected chi connectivity index (χ4v) is 1.83. The van der Waals surface area contributed by atoms with Crippen LogP contribution in [0.3, 0.4) is 0 Å². The number of carbonyl (C=O) groups is 1. The standard InChI is InChI=1S/C12H16ClN3O3/c1-12(2,6-11(14)17)15-7-8-3-4-9(13)10(5-8)16(18)19/h3-5,15H,6-7H2,1-2H3,(H2,14,17). The van der Waals surface area contributed by atoms with Gasteiger partial charge in [0.15, 0.2) is 0 Å². The van der Waals surface area contributed by atoms with E-state index in [1.807, 2.05) is 13.8 Å². The maximum Gasteiger partial charge on any atom is 0.288 e. The molecule has 0 aliphatic rings. The molecule has 0 spiro atoms. The van der Waals surface area contributed by atoms with E-state index in [1.165, 1.54) is 12.1 Å². The van der Waals surface area contributed by atoms with Crippen molar-refractivity contribution in [1.29, 1.82) is 0 Å². The Kier molecular flexibility index (Phi) is 4.85. The Morgan fingerprint density at radius 2 is 2.16 bits per heavy atom. The Balaban J connectivity index is 2.76. The zero-order valence-electron chi connectivity index (χ0n) is 10.8. The molecular formula is C12H16ClN3O3. The molecule has 6 nitrogen and oxygen atoms in total. The number of nitro benzene ring substituents is 1. The van der Waals surface area contributed by atoms with E-state index in [1.54, 1.807) is 6.07 Å². The molecular weight excluding hydrogens is 270 g/mol. The van der Waals surface area contributed by atoms with Gasteiger partial charge in [-0.15, -0.1) is 0 Å². The number of nitrogens with one attached hydrogen (secondary N) is 1. The summed E-state index contributed by atoms with van der Waals surface area (Å²) >= 11 is 5.73. The third-order valence-corrected chi connectivity index (χ3v) is 2.91. The fourth-order valence-electron chi connectivity index (χ4n) is 1.65. The van der Waals surface area contributed by atoms with Crippen LogP contribution in [-0.4, -0.2) is 16.4 Å². The van der Waals surface area contributed by atoms with Gasteiger partial charge in [0.2, 0.25) is 5.91 Å². The number of nitrogens with zero attached hydrogens (tertiary/aromatic N) is 1. The van der Waals surface area contributed by atoms with Crippen molar-refractivity contribution in [2.24, 2.45) is 5.73 Å². The van der Waals surface area contributed by atoms with Gasteiger partial charge in [-0.3, -0.25) is 14.9 Å². The van der Waals surface area contributed by atoms with Crippen LogP contribution in [0.2, 0.25) is 5.02 Å². The first-order valence-electron chi connectivity index (χ1n) is 5.67. The summed E-state index contributed by atoms with van der Waals surface area (Å²) in [6, 6.07) is 4.59. The van der Waals surface area contributed by atoms with E-state index in [4.69, 9.17) is 17.3 Å². The van der Waals surface area contributed by atoms with E-state index in [-0.39, 0.29) is 17.1 Å². The maximum atomic E-state index is 10.9. The van der Waals surface area contributed by atoms with Crippen molar-refractivity contribution < 1.29 is 9.72 Å². The van der Waals surface area contributed by atoms with Gasteiger partial charge in [-0.2, -0.15) is 0 Å². The number of rotatable bonds is 6. The minimum absolute atomic E-state index is 0.102. The van der Waals surface area contributed by atoms with Gasteiger partial charge < -0.3 is 11.1 Å². The van der Waals surface area contributed by atoms with Gasteiger partial charge in [-0.05, 0) is 25.5 Å². The summed E-state index contributed by atoms with van der Waals surface area (Å²) in [5.41, 5.74) is 5.26. The molecule has 104 valence electrons. The smallest absolute Gasteiger partial charge is 0.288 e. The molecule has 0 saturated heterocycles. The average molecular weight is 286 g/mol. The molecule has 7 heteroatoms. The van der Waals surface area contributed by atoms with Crippen LogP contribution in [0.4, 0.5) is 5.69 Å². The van der Waals surface area contributed by atoms with Gasteiger partial charge in [0, 0.05) is 24.6 Å². The van der Waals surface area contributed by atoms with Crippen molar-refractivity contribution >= 4 is 23.2 Å². The van der Waals surface area contributed by atoms with Crippen LogP contribution in [0.1, 0.15) is 25.8 Å². The molecule has 0 aromatic heterocycles. The van der Waals surface area contributed by atoms with Gasteiger partial charge in [0.25, 0.3) is 5.69 Å². The highest BCUT2D eigenvalue weighted by molar-refractivity contribution is 6.32. The van der Waals surface area contributed by atoms with Crippen LogP contribution in [0.25, 0.3) is 0 Å². The highest BCUT2D eigenvalue weighted by atomic mass is 35.5. The molecule has 0 radical (unpaired) electrons. The molecule has 0 aliphatic heterocycles. The van der Waals surface area contributed by atoms with Gasteiger partial charge >= 0.3 is 0 Å². The Morgan fingerprint density at radius 1 is 1.53 bits per heavy atom. The SMILES string of the molecule is CC(C)(CC(N)=O)NCc1ccc(Cl)c([N+](=O)[O-])c1. The number of benzene rings is 1. The molecule has 0 fully saturated rings. The number of hydrogen-bond acceptors (Lipinski definition) is 4. The Morgan fingerprint density at radius 3 is 2.68 bits per heavy atom. The quantitative estimate of drug-likeness (QED) is 0.617. The van der Waals surface area contributed by atoms with E-state index < -0.39 is 16.4 Å². The molecule has 0 aliphatic carbocycles. The normalized spacial score (nSPS) is 11.3. The van der Waals surface area contributed by atoms with Crippen molar-refractivity contribution in [2.45, 2.75) is 32.4 Å². The molecule has 0 heterocycles. The maximum absolute atomic E-state index is 10.9. The second kappa shape index (κ2) is 5.99. The third-order valence-electron chi connectivity index (χ3n) is 2.59. The molecule has 1 rings (SSSR count). The molecule has 1 aromatic carbocycles. The lowest BCUT2D eigenvalue weighted by atomic mass is 10.00. The summed E-state index contributed by atoms with van der Waals surface area (Å²) in [4.78, 5) is 21.1. The molecule has 19 heavy (non-hydrogen) atoms. The number of carbonyl (C=O) groups excluding carboxylic acids is 1. The molecule has 3 N–H and O–H groups in total. The van der Waals surface area contributed by atoms with Crippen molar-refractivity contribution in [2.75, 3.05) is 0 Å². The zero-order valence-corrected chi connectivity index (χ0v) is 11.5. The van der Waals surface area contributed by atoms with E-state index in [2.05, 4.69) is 5.32 Å². The van der Waals surface area contributed by atoms with Crippen molar-refractivity contribution in [3.8, 4) is 0 Å². The van der Waals surface area contributed by atoms with Crippen LogP contribution in [0.15, 0.2) is 18.2 Å². The summed E-state index contributed by atoms with van der Waals surface area (Å²) in [6.45, 7) is 4.06. The number of hydrogen-bond donors (Lipinski definition) is 2. The Labute approximate surface area is 116 Å². The molecule has 0 unspecified atom stereocenters. The largest absolute Gasteiger partial charge is 0.370 e. The van der Waals surface area contributed by atoms with Crippen LogP contribution >= 0.6 is 11.6 Å². The minimum atomic E-state index is -0.527. The first-order valence-corrected chi connectivity index (χ1v) is 6.05. The number of primary amides is 1. The van der Waals surface area contributed by atoms with Crippen LogP contribution in [0, 0.1) is 10.1 Å². The first-order chi connectivity index (χ1) is 8.71. The summed E-state index contributed by atoms with van der Waals surface area (Å²) in [7, 11) is 0. The number of nitro groups is 1. The van der Waals surface area contributed by atoms with Crippen molar-refractivity contribution in [3.63, 3.8) is 0 Å². The topological polar surface area (TPSA) is 98.3 Å². The second-order valence-electron chi connectivity index (χ2n) is 4.92. The lowest BCUT2D eigenvalue weighted by molar-refractivity contribution is -0.384. The molecule has 0 atom stereocenters. The van der Waals surface area contributed by atoms with E-state index in [0.29, 0.717) is 12.1 Å². The predicted octanol–water partition coefficient (Wildman–Crippen LogP) is 1.99. The van der Waals surface area contributed by atoms with Crippen LogP contribution in [0.5, 0.6) is 0 Å². The van der Waals surface area contributed by atoms with Gasteiger partial charge in [0.1, 0.15) is 5.02 Å². The summed E-state index contributed by atoms with van der Waals surface area (Å²) in [5.74, 6) is -0.403. The molecule has 0 saturated carbocycles. The highest BCUT2D eigenvalue weighted by Crippen LogP contribution is 2.25. The Bertz CT molecular complexity index is 503. The van der Waals surface area contributed by atoms with Crippen LogP contribution in [-0.2, 0) is 11.3 Å². The van der Waals surface area contributed by atoms with E-state index in [9.17, 15) is 14.9 Å². The van der Waals surface area contributed by atoms with Crippen molar-refractivity contribution in [3.05, 3.63) is 38.9 Å². The summed E-state index contributed by atoms with van der Waals surface area (Å²) < 4.78 is 0. The average Bonchev–Trinajstić information content (AvgIpc) is 2.26. The van der Waals surface area contributed by atoms with E-state index in [0.717, 1.165) is 0 Å². The van der Waals surface area contributed by atoms with Crippen molar-refractivity contribution in [1.82, 2.24) is 5.32 Å². The summed E-state index contributed by atoms with van der Waals surface area (Å²) in [5, 5.41) is 14.0. The zero-order chi connectivity index (χ0) is 14.6. The molecule has 1 aromatic rings.